The fraction of sp³-hybridized carbons (Fsp3) is 0.571. The Morgan fingerprint density at radius 1 is 1.50 bits per heavy atom. The largest absolute Gasteiger partial charge is 0.394 e. The fourth-order valence-electron chi connectivity index (χ4n) is 2.73. The first-order chi connectivity index (χ1) is 9.50. The molecule has 0 amide bonds. The third-order valence-corrected chi connectivity index (χ3v) is 4.58. The Morgan fingerprint density at radius 2 is 2.30 bits per heavy atom. The van der Waals surface area contributed by atoms with E-state index in [0.29, 0.717) is 6.54 Å². The van der Waals surface area contributed by atoms with E-state index in [1.54, 1.807) is 17.7 Å². The molecule has 1 unspecified atom stereocenters. The summed E-state index contributed by atoms with van der Waals surface area (Å²) in [5.41, 5.74) is 1.90. The second kappa shape index (κ2) is 4.95. The summed E-state index contributed by atoms with van der Waals surface area (Å²) in [7, 11) is 0. The van der Waals surface area contributed by atoms with E-state index in [0.717, 1.165) is 22.6 Å². The van der Waals surface area contributed by atoms with E-state index in [1.807, 2.05) is 13.8 Å². The van der Waals surface area contributed by atoms with Gasteiger partial charge in [0.25, 0.3) is 0 Å². The maximum atomic E-state index is 9.42. The molecular weight excluding hydrogens is 274 g/mol. The van der Waals surface area contributed by atoms with Gasteiger partial charge in [-0.1, -0.05) is 0 Å². The molecule has 1 aliphatic rings. The van der Waals surface area contributed by atoms with Crippen LogP contribution in [-0.2, 0) is 4.74 Å². The number of aromatic nitrogens is 2. The number of nitrogens with zero attached hydrogens (tertiary/aromatic N) is 3. The number of anilines is 1. The number of aliphatic hydroxyl groups is 1. The van der Waals surface area contributed by atoms with Crippen molar-refractivity contribution >= 4 is 27.4 Å². The maximum Gasteiger partial charge on any atom is 0.150 e. The van der Waals surface area contributed by atoms with Crippen LogP contribution in [0.4, 0.5) is 5.82 Å². The molecule has 1 atom stereocenters. The van der Waals surface area contributed by atoms with Crippen molar-refractivity contribution in [1.29, 1.82) is 0 Å². The van der Waals surface area contributed by atoms with E-state index in [9.17, 15) is 5.11 Å². The molecule has 108 valence electrons. The predicted octanol–water partition coefficient (Wildman–Crippen LogP) is 1.98. The number of hydrogen-bond donors (Lipinski definition) is 1. The van der Waals surface area contributed by atoms with Crippen molar-refractivity contribution in [2.24, 2.45) is 0 Å². The zero-order valence-electron chi connectivity index (χ0n) is 12.0. The van der Waals surface area contributed by atoms with Gasteiger partial charge in [-0.05, 0) is 31.7 Å². The number of aryl methyl sites for hydroxylation is 1. The Kier molecular flexibility index (Phi) is 3.40. The zero-order chi connectivity index (χ0) is 14.3. The number of hydrogen-bond acceptors (Lipinski definition) is 6. The lowest BCUT2D eigenvalue weighted by molar-refractivity contribution is -0.101. The van der Waals surface area contributed by atoms with Crippen molar-refractivity contribution in [3.63, 3.8) is 0 Å². The smallest absolute Gasteiger partial charge is 0.150 e. The first kappa shape index (κ1) is 13.7. The van der Waals surface area contributed by atoms with Crippen LogP contribution in [0.3, 0.4) is 0 Å². The van der Waals surface area contributed by atoms with Crippen LogP contribution in [0.15, 0.2) is 11.7 Å². The summed E-state index contributed by atoms with van der Waals surface area (Å²) < 4.78 is 6.97. The lowest BCUT2D eigenvalue weighted by Crippen LogP contribution is -2.54. The minimum Gasteiger partial charge on any atom is -0.394 e. The number of ether oxygens (including phenoxy) is 1. The Bertz CT molecular complexity index is 626. The minimum absolute atomic E-state index is 0.0254. The molecule has 0 saturated carbocycles. The molecular formula is C14H19N3O2S. The van der Waals surface area contributed by atoms with Gasteiger partial charge in [-0.3, -0.25) is 0 Å². The summed E-state index contributed by atoms with van der Waals surface area (Å²) in [6.45, 7) is 7.59. The van der Waals surface area contributed by atoms with Crippen LogP contribution >= 0.6 is 11.3 Å². The number of fused-ring (bicyclic) bond motifs is 1. The molecule has 20 heavy (non-hydrogen) atoms. The average molecular weight is 293 g/mol. The van der Waals surface area contributed by atoms with Crippen molar-refractivity contribution in [3.8, 4) is 0 Å². The summed E-state index contributed by atoms with van der Waals surface area (Å²) in [6.07, 6.45) is 1.44. The SMILES string of the molecule is Cc1csc2c(N3CC(CO)OC(C)(C)C3)ncnc12. The number of morpholine rings is 1. The summed E-state index contributed by atoms with van der Waals surface area (Å²) in [4.78, 5) is 11.0. The molecule has 1 saturated heterocycles. The van der Waals surface area contributed by atoms with E-state index in [-0.39, 0.29) is 18.3 Å². The molecule has 0 bridgehead atoms. The fourth-order valence-corrected chi connectivity index (χ4v) is 3.75. The van der Waals surface area contributed by atoms with E-state index in [1.165, 1.54) is 5.56 Å². The van der Waals surface area contributed by atoms with Crippen LogP contribution in [0.2, 0.25) is 0 Å². The maximum absolute atomic E-state index is 9.42. The Balaban J connectivity index is 2.01. The summed E-state index contributed by atoms with van der Waals surface area (Å²) in [5, 5.41) is 11.5. The molecule has 5 nitrogen and oxygen atoms in total. The summed E-state index contributed by atoms with van der Waals surface area (Å²) in [5.74, 6) is 0.947. The van der Waals surface area contributed by atoms with Crippen LogP contribution in [0, 0.1) is 6.92 Å². The topological polar surface area (TPSA) is 58.5 Å². The molecule has 2 aromatic rings. The molecule has 2 aromatic heterocycles. The predicted molar refractivity (Wildman–Crippen MR) is 80.4 cm³/mol. The molecule has 3 rings (SSSR count). The van der Waals surface area contributed by atoms with E-state index >= 15 is 0 Å². The van der Waals surface area contributed by atoms with Crippen molar-refractivity contribution in [1.82, 2.24) is 9.97 Å². The molecule has 6 heteroatoms. The Morgan fingerprint density at radius 3 is 3.05 bits per heavy atom. The van der Waals surface area contributed by atoms with Crippen LogP contribution in [0.25, 0.3) is 10.2 Å². The quantitative estimate of drug-likeness (QED) is 0.917. The minimum atomic E-state index is -0.296. The molecule has 1 N–H and O–H groups in total. The number of aliphatic hydroxyl groups excluding tert-OH is 1. The third kappa shape index (κ3) is 2.39. The standard InChI is InChI=1S/C14H19N3O2S/c1-9-6-20-12-11(9)15-8-16-13(12)17-4-10(5-18)19-14(2,3)7-17/h6,8,10,18H,4-5,7H2,1-3H3. The highest BCUT2D eigenvalue weighted by molar-refractivity contribution is 7.18. The van der Waals surface area contributed by atoms with Crippen LogP contribution < -0.4 is 4.90 Å². The van der Waals surface area contributed by atoms with Crippen LogP contribution in [0.5, 0.6) is 0 Å². The van der Waals surface area contributed by atoms with Gasteiger partial charge < -0.3 is 14.7 Å². The molecule has 0 radical (unpaired) electrons. The van der Waals surface area contributed by atoms with E-state index < -0.39 is 0 Å². The second-order valence-corrected chi connectivity index (χ2v) is 6.74. The second-order valence-electron chi connectivity index (χ2n) is 5.86. The number of thiophene rings is 1. The van der Waals surface area contributed by atoms with Gasteiger partial charge in [0.1, 0.15) is 12.1 Å². The van der Waals surface area contributed by atoms with Crippen LogP contribution in [-0.4, -0.2) is 46.5 Å². The van der Waals surface area contributed by atoms with Gasteiger partial charge in [0.15, 0.2) is 0 Å². The Hall–Kier alpha value is -1.24. The van der Waals surface area contributed by atoms with Gasteiger partial charge in [-0.15, -0.1) is 11.3 Å². The van der Waals surface area contributed by atoms with Gasteiger partial charge in [0.05, 0.1) is 28.5 Å². The molecule has 0 aliphatic carbocycles. The normalized spacial score (nSPS) is 22.4. The molecule has 0 aromatic carbocycles. The average Bonchev–Trinajstić information content (AvgIpc) is 2.79. The number of rotatable bonds is 2. The molecule has 1 fully saturated rings. The van der Waals surface area contributed by atoms with Gasteiger partial charge in [-0.2, -0.15) is 0 Å². The first-order valence-corrected chi connectivity index (χ1v) is 7.60. The van der Waals surface area contributed by atoms with Crippen molar-refractivity contribution in [3.05, 3.63) is 17.3 Å². The van der Waals surface area contributed by atoms with Crippen molar-refractivity contribution in [2.45, 2.75) is 32.5 Å². The summed E-state index contributed by atoms with van der Waals surface area (Å²) >= 11 is 1.67. The van der Waals surface area contributed by atoms with Gasteiger partial charge in [0.2, 0.25) is 0 Å². The highest BCUT2D eigenvalue weighted by Crippen LogP contribution is 2.33. The molecule has 1 aliphatic heterocycles. The van der Waals surface area contributed by atoms with Gasteiger partial charge in [0, 0.05) is 13.1 Å². The van der Waals surface area contributed by atoms with Crippen LogP contribution in [0.1, 0.15) is 19.4 Å². The van der Waals surface area contributed by atoms with E-state index in [4.69, 9.17) is 4.74 Å². The lowest BCUT2D eigenvalue weighted by atomic mass is 10.1. The van der Waals surface area contributed by atoms with Crippen molar-refractivity contribution in [2.75, 3.05) is 24.6 Å². The third-order valence-electron chi connectivity index (χ3n) is 3.50. The lowest BCUT2D eigenvalue weighted by Gasteiger charge is -2.42. The molecule has 0 spiro atoms. The molecule has 3 heterocycles. The first-order valence-electron chi connectivity index (χ1n) is 6.72. The monoisotopic (exact) mass is 293 g/mol. The zero-order valence-corrected chi connectivity index (χ0v) is 12.8. The summed E-state index contributed by atoms with van der Waals surface area (Å²) in [6, 6.07) is 0. The Labute approximate surface area is 122 Å². The van der Waals surface area contributed by atoms with Gasteiger partial charge in [-0.25, -0.2) is 9.97 Å². The van der Waals surface area contributed by atoms with Crippen molar-refractivity contribution < 1.29 is 9.84 Å². The highest BCUT2D eigenvalue weighted by Gasteiger charge is 2.34. The van der Waals surface area contributed by atoms with Gasteiger partial charge >= 0.3 is 0 Å². The van der Waals surface area contributed by atoms with E-state index in [2.05, 4.69) is 27.2 Å². The highest BCUT2D eigenvalue weighted by atomic mass is 32.1.